The van der Waals surface area contributed by atoms with Crippen LogP contribution in [0, 0.1) is 5.92 Å². The van der Waals surface area contributed by atoms with Gasteiger partial charge in [0.15, 0.2) is 5.97 Å². The molecular formula is C16H15LiO2. The normalized spacial score (nSPS) is 9.47. The molecule has 0 aliphatic rings. The molecule has 2 aromatic carbocycles. The predicted octanol–water partition coefficient (Wildman–Crippen LogP) is 0.135. The number of benzene rings is 2. The van der Waals surface area contributed by atoms with Gasteiger partial charge in [-0.05, 0) is 0 Å². The van der Waals surface area contributed by atoms with Crippen LogP contribution in [0.5, 0.6) is 0 Å². The average Bonchev–Trinajstić information content (AvgIpc) is 2.40. The second-order valence-electron chi connectivity index (χ2n) is 4.23. The average molecular weight is 246 g/mol. The van der Waals surface area contributed by atoms with Crippen LogP contribution in [0.1, 0.15) is 11.1 Å². The third kappa shape index (κ3) is 4.87. The first-order chi connectivity index (χ1) is 8.75. The Balaban J connectivity index is 0.00000180. The second kappa shape index (κ2) is 7.73. The molecule has 1 N–H and O–H groups in total. The Morgan fingerprint density at radius 3 is 1.53 bits per heavy atom. The van der Waals surface area contributed by atoms with E-state index in [1.165, 1.54) is 0 Å². The van der Waals surface area contributed by atoms with E-state index in [2.05, 4.69) is 0 Å². The van der Waals surface area contributed by atoms with E-state index in [0.717, 1.165) is 11.1 Å². The van der Waals surface area contributed by atoms with Gasteiger partial charge in [-0.15, -0.1) is 12.8 Å². The van der Waals surface area contributed by atoms with E-state index < -0.39 is 5.97 Å². The van der Waals surface area contributed by atoms with Crippen LogP contribution in [-0.4, -0.2) is 11.1 Å². The zero-order chi connectivity index (χ0) is 12.8. The van der Waals surface area contributed by atoms with Crippen molar-refractivity contribution in [3.05, 3.63) is 77.7 Å². The van der Waals surface area contributed by atoms with E-state index in [4.69, 9.17) is 0 Å². The Bertz CT molecular complexity index is 455. The Hall–Kier alpha value is -1.62. The number of hydrogen-bond donors (Lipinski definition) is 1. The minimum atomic E-state index is -0.817. The molecule has 19 heavy (non-hydrogen) atoms. The van der Waals surface area contributed by atoms with Gasteiger partial charge in [-0.1, -0.05) is 71.8 Å². The van der Waals surface area contributed by atoms with Gasteiger partial charge in [0.05, 0.1) is 0 Å². The summed E-state index contributed by atoms with van der Waals surface area (Å²) >= 11 is 0. The first-order valence-electron chi connectivity index (χ1n) is 5.91. The molecule has 0 amide bonds. The van der Waals surface area contributed by atoms with E-state index in [9.17, 15) is 9.90 Å². The van der Waals surface area contributed by atoms with Crippen LogP contribution < -0.4 is 18.9 Å². The van der Waals surface area contributed by atoms with Gasteiger partial charge in [0.2, 0.25) is 0 Å². The number of aliphatic carboxylic acids is 1. The minimum Gasteiger partial charge on any atom is -0.503 e. The quantitative estimate of drug-likeness (QED) is 0.601. The first-order valence-corrected chi connectivity index (χ1v) is 5.91. The summed E-state index contributed by atoms with van der Waals surface area (Å²) in [5.41, 5.74) is 2.07. The van der Waals surface area contributed by atoms with Crippen LogP contribution in [-0.2, 0) is 17.6 Å². The van der Waals surface area contributed by atoms with Gasteiger partial charge in [-0.3, -0.25) is 10.7 Å². The summed E-state index contributed by atoms with van der Waals surface area (Å²) < 4.78 is 0. The van der Waals surface area contributed by atoms with Crippen molar-refractivity contribution in [1.82, 2.24) is 0 Å². The number of hydrogen-bond acceptors (Lipinski definition) is 1. The number of rotatable bonds is 5. The van der Waals surface area contributed by atoms with E-state index in [1.807, 2.05) is 60.7 Å². The molecule has 2 nitrogen and oxygen atoms in total. The summed E-state index contributed by atoms with van der Waals surface area (Å²) in [6.07, 6.45) is 0.982. The van der Waals surface area contributed by atoms with Crippen molar-refractivity contribution in [3.63, 3.8) is 0 Å². The molecule has 0 saturated carbocycles. The van der Waals surface area contributed by atoms with Crippen molar-refractivity contribution in [2.45, 2.75) is 12.8 Å². The van der Waals surface area contributed by atoms with Crippen LogP contribution in [0.25, 0.3) is 0 Å². The third-order valence-electron chi connectivity index (χ3n) is 2.82. The number of carboxylic acids is 1. The standard InChI is InChI=1S/C16H15O2.Li/c17-16(18)15(11-13-7-3-1-4-8-13)12-14-9-5-2-6-10-14;/h1-10H,11-12H2,(H,17,18);/q-1;+1. The molecule has 3 heteroatoms. The monoisotopic (exact) mass is 246 g/mol. The molecule has 0 spiro atoms. The van der Waals surface area contributed by atoms with Gasteiger partial charge < -0.3 is 5.11 Å². The van der Waals surface area contributed by atoms with Gasteiger partial charge >= 0.3 is 18.9 Å². The molecule has 0 radical (unpaired) electrons. The van der Waals surface area contributed by atoms with Crippen molar-refractivity contribution in [3.8, 4) is 0 Å². The Morgan fingerprint density at radius 2 is 1.21 bits per heavy atom. The van der Waals surface area contributed by atoms with Crippen LogP contribution in [0.2, 0.25) is 0 Å². The molecule has 0 atom stereocenters. The molecule has 0 aliphatic carbocycles. The number of carbonyl (C=O) groups is 1. The Morgan fingerprint density at radius 1 is 0.842 bits per heavy atom. The summed E-state index contributed by atoms with van der Waals surface area (Å²) in [5, 5.41) is 9.26. The van der Waals surface area contributed by atoms with Gasteiger partial charge in [0.25, 0.3) is 0 Å². The van der Waals surface area contributed by atoms with E-state index in [-0.39, 0.29) is 18.9 Å². The fourth-order valence-corrected chi connectivity index (χ4v) is 1.90. The maximum atomic E-state index is 11.3. The molecule has 0 aliphatic heterocycles. The minimum absolute atomic E-state index is 0. The van der Waals surface area contributed by atoms with Crippen molar-refractivity contribution >= 4 is 5.97 Å². The van der Waals surface area contributed by atoms with Crippen molar-refractivity contribution in [1.29, 1.82) is 0 Å². The second-order valence-corrected chi connectivity index (χ2v) is 4.23. The Labute approximate surface area is 125 Å². The van der Waals surface area contributed by atoms with Gasteiger partial charge in [-0.2, -0.15) is 0 Å². The summed E-state index contributed by atoms with van der Waals surface area (Å²) in [6.45, 7) is 0. The van der Waals surface area contributed by atoms with Crippen LogP contribution in [0.4, 0.5) is 0 Å². The predicted molar refractivity (Wildman–Crippen MR) is 71.2 cm³/mol. The fourth-order valence-electron chi connectivity index (χ4n) is 1.90. The summed E-state index contributed by atoms with van der Waals surface area (Å²) in [4.78, 5) is 11.3. The van der Waals surface area contributed by atoms with E-state index in [1.54, 1.807) is 0 Å². The van der Waals surface area contributed by atoms with Crippen LogP contribution >= 0.6 is 0 Å². The van der Waals surface area contributed by atoms with Crippen LogP contribution in [0.15, 0.2) is 60.7 Å². The zero-order valence-corrected chi connectivity index (χ0v) is 11.0. The van der Waals surface area contributed by atoms with Crippen molar-refractivity contribution in [2.75, 3.05) is 0 Å². The van der Waals surface area contributed by atoms with Crippen molar-refractivity contribution < 1.29 is 28.8 Å². The molecule has 0 aromatic heterocycles. The van der Waals surface area contributed by atoms with Crippen LogP contribution in [0.3, 0.4) is 0 Å². The molecule has 2 rings (SSSR count). The summed E-state index contributed by atoms with van der Waals surface area (Å²) in [5.74, 6) is -0.296. The number of carboxylic acid groups (broad SMARTS) is 1. The smallest absolute Gasteiger partial charge is 0.503 e. The fraction of sp³-hybridized carbons (Fsp3) is 0.125. The molecule has 0 bridgehead atoms. The molecular weight excluding hydrogens is 231 g/mol. The topological polar surface area (TPSA) is 37.3 Å². The van der Waals surface area contributed by atoms with Gasteiger partial charge in [0.1, 0.15) is 0 Å². The van der Waals surface area contributed by atoms with Crippen molar-refractivity contribution in [2.24, 2.45) is 0 Å². The molecule has 0 fully saturated rings. The third-order valence-corrected chi connectivity index (χ3v) is 2.82. The summed E-state index contributed by atoms with van der Waals surface area (Å²) in [6, 6.07) is 19.4. The molecule has 0 heterocycles. The maximum Gasteiger partial charge on any atom is 1.00 e. The molecule has 0 unspecified atom stereocenters. The maximum absolute atomic E-state index is 11.3. The van der Waals surface area contributed by atoms with Gasteiger partial charge in [-0.25, -0.2) is 0 Å². The SMILES string of the molecule is O=C(O)[C-](Cc1ccccc1)Cc1ccccc1.[Li+]. The molecule has 0 saturated heterocycles. The largest absolute Gasteiger partial charge is 1.00 e. The van der Waals surface area contributed by atoms with E-state index >= 15 is 0 Å². The molecule has 2 aromatic rings. The van der Waals surface area contributed by atoms with E-state index in [0.29, 0.717) is 18.8 Å². The zero-order valence-electron chi connectivity index (χ0n) is 11.0. The first kappa shape index (κ1) is 15.4. The van der Waals surface area contributed by atoms with Gasteiger partial charge in [0, 0.05) is 0 Å². The Kier molecular flexibility index (Phi) is 6.28. The molecule has 92 valence electrons. The summed E-state index contributed by atoms with van der Waals surface area (Å²) in [7, 11) is 0.